The lowest BCUT2D eigenvalue weighted by Crippen LogP contribution is -2.35. The minimum Gasteiger partial charge on any atom is -0.463 e. The Morgan fingerprint density at radius 3 is 2.95 bits per heavy atom. The van der Waals surface area contributed by atoms with E-state index in [1.54, 1.807) is 29.7 Å². The van der Waals surface area contributed by atoms with Crippen molar-refractivity contribution in [1.29, 1.82) is 0 Å². The molecule has 0 aromatic carbocycles. The van der Waals surface area contributed by atoms with Crippen LogP contribution in [0.3, 0.4) is 0 Å². The molecule has 0 saturated carbocycles. The molecule has 2 aromatic rings. The molecule has 5 nitrogen and oxygen atoms in total. The SMILES string of the molecule is COC(=O)c1ccc(CNC(C)(C)c2nccs2)o1. The summed E-state index contributed by atoms with van der Waals surface area (Å²) < 4.78 is 9.99. The van der Waals surface area contributed by atoms with Gasteiger partial charge in [0.1, 0.15) is 10.8 Å². The summed E-state index contributed by atoms with van der Waals surface area (Å²) in [6, 6.07) is 3.37. The second kappa shape index (κ2) is 5.54. The van der Waals surface area contributed by atoms with E-state index in [1.807, 2.05) is 5.38 Å². The number of esters is 1. The van der Waals surface area contributed by atoms with Crippen LogP contribution in [-0.2, 0) is 16.8 Å². The normalized spacial score (nSPS) is 11.5. The molecule has 102 valence electrons. The summed E-state index contributed by atoms with van der Waals surface area (Å²) in [4.78, 5) is 15.6. The summed E-state index contributed by atoms with van der Waals surface area (Å²) in [5.74, 6) is 0.432. The highest BCUT2D eigenvalue weighted by Crippen LogP contribution is 2.22. The van der Waals surface area contributed by atoms with Crippen LogP contribution in [0, 0.1) is 0 Å². The lowest BCUT2D eigenvalue weighted by molar-refractivity contribution is 0.0562. The van der Waals surface area contributed by atoms with Crippen molar-refractivity contribution in [2.75, 3.05) is 7.11 Å². The molecule has 0 saturated heterocycles. The first-order valence-electron chi connectivity index (χ1n) is 5.85. The molecule has 19 heavy (non-hydrogen) atoms. The zero-order chi connectivity index (χ0) is 13.9. The van der Waals surface area contributed by atoms with Gasteiger partial charge in [-0.05, 0) is 26.0 Å². The highest BCUT2D eigenvalue weighted by molar-refractivity contribution is 7.09. The maximum absolute atomic E-state index is 11.3. The molecule has 2 rings (SSSR count). The van der Waals surface area contributed by atoms with E-state index in [-0.39, 0.29) is 11.3 Å². The molecule has 0 bridgehead atoms. The third-order valence-electron chi connectivity index (χ3n) is 2.72. The molecule has 2 aromatic heterocycles. The molecular formula is C13H16N2O3S. The molecule has 0 atom stereocenters. The fourth-order valence-electron chi connectivity index (χ4n) is 1.60. The number of thiazole rings is 1. The van der Waals surface area contributed by atoms with Crippen LogP contribution < -0.4 is 5.32 Å². The molecule has 1 N–H and O–H groups in total. The minimum absolute atomic E-state index is 0.214. The number of hydrogen-bond donors (Lipinski definition) is 1. The van der Waals surface area contributed by atoms with Crippen molar-refractivity contribution in [3.63, 3.8) is 0 Å². The topological polar surface area (TPSA) is 64.4 Å². The third-order valence-corrected chi connectivity index (χ3v) is 3.82. The van der Waals surface area contributed by atoms with Crippen molar-refractivity contribution in [3.8, 4) is 0 Å². The second-order valence-electron chi connectivity index (χ2n) is 4.57. The first-order valence-corrected chi connectivity index (χ1v) is 6.73. The number of carbonyl (C=O) groups is 1. The summed E-state index contributed by atoms with van der Waals surface area (Å²) in [5.41, 5.74) is -0.244. The summed E-state index contributed by atoms with van der Waals surface area (Å²) in [6.45, 7) is 4.62. The summed E-state index contributed by atoms with van der Waals surface area (Å²) in [7, 11) is 1.33. The molecule has 6 heteroatoms. The van der Waals surface area contributed by atoms with Crippen LogP contribution in [0.15, 0.2) is 28.1 Å². The highest BCUT2D eigenvalue weighted by Gasteiger charge is 2.23. The fourth-order valence-corrected chi connectivity index (χ4v) is 2.34. The van der Waals surface area contributed by atoms with E-state index in [0.29, 0.717) is 12.3 Å². The number of ether oxygens (including phenoxy) is 1. The number of methoxy groups -OCH3 is 1. The van der Waals surface area contributed by atoms with Crippen molar-refractivity contribution in [2.45, 2.75) is 25.9 Å². The Bertz CT molecular complexity index is 546. The number of hydrogen-bond acceptors (Lipinski definition) is 6. The van der Waals surface area contributed by atoms with Crippen LogP contribution in [0.5, 0.6) is 0 Å². The van der Waals surface area contributed by atoms with Gasteiger partial charge in [0.15, 0.2) is 0 Å². The second-order valence-corrected chi connectivity index (χ2v) is 5.47. The zero-order valence-corrected chi connectivity index (χ0v) is 11.9. The summed E-state index contributed by atoms with van der Waals surface area (Å²) in [5, 5.41) is 6.30. The molecule has 0 unspecified atom stereocenters. The Kier molecular flexibility index (Phi) is 4.01. The van der Waals surface area contributed by atoms with E-state index in [9.17, 15) is 4.79 Å². The number of furan rings is 1. The van der Waals surface area contributed by atoms with Crippen LogP contribution in [0.2, 0.25) is 0 Å². The van der Waals surface area contributed by atoms with Gasteiger partial charge in [-0.25, -0.2) is 9.78 Å². The Balaban J connectivity index is 1.99. The minimum atomic E-state index is -0.467. The smallest absolute Gasteiger partial charge is 0.373 e. The molecule has 0 radical (unpaired) electrons. The largest absolute Gasteiger partial charge is 0.463 e. The van der Waals surface area contributed by atoms with Crippen LogP contribution in [-0.4, -0.2) is 18.1 Å². The molecule has 0 aliphatic carbocycles. The lowest BCUT2D eigenvalue weighted by Gasteiger charge is -2.23. The third kappa shape index (κ3) is 3.21. The molecule has 0 aliphatic rings. The van der Waals surface area contributed by atoms with E-state index in [0.717, 1.165) is 5.01 Å². The molecular weight excluding hydrogens is 264 g/mol. The van der Waals surface area contributed by atoms with Gasteiger partial charge < -0.3 is 9.15 Å². The van der Waals surface area contributed by atoms with Crippen LogP contribution >= 0.6 is 11.3 Å². The van der Waals surface area contributed by atoms with Gasteiger partial charge >= 0.3 is 5.97 Å². The predicted octanol–water partition coefficient (Wildman–Crippen LogP) is 2.55. The van der Waals surface area contributed by atoms with E-state index in [2.05, 4.69) is 28.9 Å². The van der Waals surface area contributed by atoms with Gasteiger partial charge in [-0.3, -0.25) is 5.32 Å². The van der Waals surface area contributed by atoms with Gasteiger partial charge in [-0.1, -0.05) is 0 Å². The van der Waals surface area contributed by atoms with Crippen LogP contribution in [0.4, 0.5) is 0 Å². The quantitative estimate of drug-likeness (QED) is 0.853. The summed E-state index contributed by atoms with van der Waals surface area (Å²) >= 11 is 1.60. The van der Waals surface area contributed by atoms with Gasteiger partial charge in [-0.2, -0.15) is 0 Å². The highest BCUT2D eigenvalue weighted by atomic mass is 32.1. The number of aromatic nitrogens is 1. The van der Waals surface area contributed by atoms with Crippen molar-refractivity contribution in [3.05, 3.63) is 40.2 Å². The molecule has 2 heterocycles. The maximum Gasteiger partial charge on any atom is 0.373 e. The van der Waals surface area contributed by atoms with Crippen molar-refractivity contribution in [2.24, 2.45) is 0 Å². The standard InChI is InChI=1S/C13H16N2O3S/c1-13(2,12-14-6-7-19-12)15-8-9-4-5-10(18-9)11(16)17-3/h4-7,15H,8H2,1-3H3. The van der Waals surface area contributed by atoms with Gasteiger partial charge in [0, 0.05) is 11.6 Å². The monoisotopic (exact) mass is 280 g/mol. The van der Waals surface area contributed by atoms with Crippen molar-refractivity contribution >= 4 is 17.3 Å². The number of nitrogens with one attached hydrogen (secondary N) is 1. The Labute approximate surface area is 115 Å². The average Bonchev–Trinajstić information content (AvgIpc) is 3.06. The molecule has 0 fully saturated rings. The maximum atomic E-state index is 11.3. The van der Waals surface area contributed by atoms with Crippen molar-refractivity contribution in [1.82, 2.24) is 10.3 Å². The lowest BCUT2D eigenvalue weighted by atomic mass is 10.1. The summed E-state index contributed by atoms with van der Waals surface area (Å²) in [6.07, 6.45) is 1.78. The number of nitrogens with zero attached hydrogens (tertiary/aromatic N) is 1. The van der Waals surface area contributed by atoms with Crippen LogP contribution in [0.1, 0.15) is 35.2 Å². The van der Waals surface area contributed by atoms with Crippen LogP contribution in [0.25, 0.3) is 0 Å². The van der Waals surface area contributed by atoms with Gasteiger partial charge in [0.05, 0.1) is 19.2 Å². The molecule has 0 spiro atoms. The predicted molar refractivity (Wildman–Crippen MR) is 72.0 cm³/mol. The van der Waals surface area contributed by atoms with Gasteiger partial charge in [0.2, 0.25) is 5.76 Å². The van der Waals surface area contributed by atoms with Gasteiger partial charge in [-0.15, -0.1) is 11.3 Å². The fraction of sp³-hybridized carbons (Fsp3) is 0.385. The zero-order valence-electron chi connectivity index (χ0n) is 11.1. The van der Waals surface area contributed by atoms with Gasteiger partial charge in [0.25, 0.3) is 0 Å². The first kappa shape index (κ1) is 13.8. The van der Waals surface area contributed by atoms with E-state index in [4.69, 9.17) is 4.42 Å². The Morgan fingerprint density at radius 1 is 1.53 bits per heavy atom. The Morgan fingerprint density at radius 2 is 2.32 bits per heavy atom. The van der Waals surface area contributed by atoms with E-state index >= 15 is 0 Å². The Hall–Kier alpha value is -1.66. The molecule has 0 aliphatic heterocycles. The number of carbonyl (C=O) groups excluding carboxylic acids is 1. The van der Waals surface area contributed by atoms with Crippen molar-refractivity contribution < 1.29 is 13.9 Å². The molecule has 0 amide bonds. The average molecular weight is 280 g/mol. The number of rotatable bonds is 5. The van der Waals surface area contributed by atoms with E-state index < -0.39 is 5.97 Å². The first-order chi connectivity index (χ1) is 9.03. The van der Waals surface area contributed by atoms with E-state index in [1.165, 1.54) is 7.11 Å².